The number of carboxylic acid groups (broad SMARTS) is 2. The van der Waals surface area contributed by atoms with Gasteiger partial charge in [-0.2, -0.15) is 0 Å². The van der Waals surface area contributed by atoms with E-state index in [1.807, 2.05) is 17.5 Å². The van der Waals surface area contributed by atoms with Crippen molar-refractivity contribution in [1.29, 1.82) is 0 Å². The molecule has 0 saturated carbocycles. The van der Waals surface area contributed by atoms with E-state index in [1.54, 1.807) is 5.38 Å². The third-order valence-corrected chi connectivity index (χ3v) is 9.09. The average molecular weight is 556 g/mol. The summed E-state index contributed by atoms with van der Waals surface area (Å²) in [5.74, 6) is -3.11. The van der Waals surface area contributed by atoms with Gasteiger partial charge in [0.25, 0.3) is 5.91 Å². The normalized spacial score (nSPS) is 18.8. The topological polar surface area (TPSA) is 143 Å². The summed E-state index contributed by atoms with van der Waals surface area (Å²) in [5.41, 5.74) is 0.367. The number of aliphatic carboxylic acids is 2. The number of fused-ring (bicyclic) bond motifs is 1. The molecular weight excluding hydrogens is 540 g/mol. The van der Waals surface area contributed by atoms with Gasteiger partial charge in [0.05, 0.1) is 23.8 Å². The molecule has 168 valence electrons. The van der Waals surface area contributed by atoms with Crippen LogP contribution in [0.5, 0.6) is 0 Å². The van der Waals surface area contributed by atoms with Crippen molar-refractivity contribution in [2.45, 2.75) is 35.0 Å². The minimum absolute atomic E-state index is 0. The first-order chi connectivity index (χ1) is 15.3. The molecule has 4 rings (SSSR count). The van der Waals surface area contributed by atoms with Gasteiger partial charge >= 0.3 is 59.1 Å². The van der Waals surface area contributed by atoms with E-state index in [1.165, 1.54) is 34.4 Å². The molecule has 2 aromatic rings. The summed E-state index contributed by atoms with van der Waals surface area (Å²) in [7, 11) is 0. The summed E-state index contributed by atoms with van der Waals surface area (Å²) < 4.78 is 0.542. The molecule has 34 heavy (non-hydrogen) atoms. The predicted octanol–water partition coefficient (Wildman–Crippen LogP) is -6.41. The number of aromatic nitrogens is 1. The van der Waals surface area contributed by atoms with E-state index in [4.69, 9.17) is 0 Å². The Morgan fingerprint density at radius 2 is 2.00 bits per heavy atom. The molecule has 0 radical (unpaired) electrons. The van der Waals surface area contributed by atoms with Crippen molar-refractivity contribution >= 4 is 70.0 Å². The Morgan fingerprint density at radius 1 is 1.24 bits per heavy atom. The molecule has 4 heterocycles. The Kier molecular flexibility index (Phi) is 11.7. The summed E-state index contributed by atoms with van der Waals surface area (Å²) in [5, 5.41) is 28.2. The fraction of sp³-hybridized carbons (Fsp3) is 0.316. The van der Waals surface area contributed by atoms with Gasteiger partial charge < -0.3 is 25.1 Å². The molecule has 2 atom stereocenters. The first-order valence-corrected chi connectivity index (χ1v) is 13.0. The van der Waals surface area contributed by atoms with Gasteiger partial charge in [0.2, 0.25) is 5.91 Å². The molecular formula is C19H15N3Na2O6S4. The molecule has 15 heteroatoms. The van der Waals surface area contributed by atoms with Gasteiger partial charge in [-0.05, 0) is 24.3 Å². The van der Waals surface area contributed by atoms with Crippen molar-refractivity contribution in [3.8, 4) is 0 Å². The fourth-order valence-electron chi connectivity index (χ4n) is 3.24. The quantitative estimate of drug-likeness (QED) is 0.236. The second-order valence-electron chi connectivity index (χ2n) is 6.85. The Morgan fingerprint density at radius 3 is 2.65 bits per heavy atom. The van der Waals surface area contributed by atoms with Gasteiger partial charge in [-0.3, -0.25) is 14.5 Å². The number of carbonyl (C=O) groups excluding carboxylic acids is 4. The number of aryl methyl sites for hydroxylation is 1. The van der Waals surface area contributed by atoms with Crippen LogP contribution < -0.4 is 74.6 Å². The van der Waals surface area contributed by atoms with E-state index < -0.39 is 29.3 Å². The van der Waals surface area contributed by atoms with Gasteiger partial charge in [-0.25, -0.2) is 4.98 Å². The average Bonchev–Trinajstić information content (AvgIpc) is 3.42. The zero-order valence-corrected chi connectivity index (χ0v) is 25.5. The molecule has 0 aliphatic carbocycles. The molecule has 2 aromatic heterocycles. The maximum absolute atomic E-state index is 12.7. The van der Waals surface area contributed by atoms with E-state index in [9.17, 15) is 29.4 Å². The Labute approximate surface area is 255 Å². The number of rotatable bonds is 9. The second-order valence-corrected chi connectivity index (χ2v) is 11.2. The van der Waals surface area contributed by atoms with Crippen molar-refractivity contribution in [2.24, 2.45) is 0 Å². The maximum Gasteiger partial charge on any atom is 1.00 e. The SMILES string of the molecule is O=C([O-])CCc1csc(SC2=C(C(=O)[O-])N3C(=O)[C@@H](NC(=O)Cc4cccs4)[C@@H]3SC2)n1.[Na+].[Na+]. The summed E-state index contributed by atoms with van der Waals surface area (Å²) >= 11 is 5.18. The van der Waals surface area contributed by atoms with Gasteiger partial charge in [-0.15, -0.1) is 34.4 Å². The number of carboxylic acids is 2. The molecule has 2 aliphatic rings. The third kappa shape index (κ3) is 6.90. The van der Waals surface area contributed by atoms with Crippen molar-refractivity contribution in [1.82, 2.24) is 15.2 Å². The second kappa shape index (κ2) is 13.3. The largest absolute Gasteiger partial charge is 1.00 e. The van der Waals surface area contributed by atoms with Gasteiger partial charge in [0, 0.05) is 26.9 Å². The predicted molar refractivity (Wildman–Crippen MR) is 116 cm³/mol. The Bertz CT molecular complexity index is 1110. The number of amides is 2. The Hall–Kier alpha value is -0.350. The van der Waals surface area contributed by atoms with Crippen LogP contribution >= 0.6 is 46.2 Å². The van der Waals surface area contributed by atoms with Crippen molar-refractivity contribution < 1.29 is 88.5 Å². The molecule has 0 bridgehead atoms. The summed E-state index contributed by atoms with van der Waals surface area (Å²) in [6.45, 7) is 0. The van der Waals surface area contributed by atoms with Crippen LogP contribution in [0.15, 0.2) is 37.8 Å². The minimum atomic E-state index is -1.47. The first-order valence-electron chi connectivity index (χ1n) is 9.36. The number of nitrogens with zero attached hydrogens (tertiary/aromatic N) is 2. The monoisotopic (exact) mass is 555 g/mol. The number of hydrogen-bond acceptors (Lipinski definition) is 11. The molecule has 9 nitrogen and oxygen atoms in total. The van der Waals surface area contributed by atoms with E-state index in [0.29, 0.717) is 20.7 Å². The molecule has 0 unspecified atom stereocenters. The summed E-state index contributed by atoms with van der Waals surface area (Å²) in [6, 6.07) is 2.88. The smallest absolute Gasteiger partial charge is 0.550 e. The van der Waals surface area contributed by atoms with Crippen LogP contribution in [0.1, 0.15) is 17.0 Å². The summed E-state index contributed by atoms with van der Waals surface area (Å²) in [6.07, 6.45) is 0.230. The van der Waals surface area contributed by atoms with Gasteiger partial charge in [-0.1, -0.05) is 17.8 Å². The number of hydrogen-bond donors (Lipinski definition) is 1. The number of thiophene rings is 1. The number of nitrogens with one attached hydrogen (secondary N) is 1. The summed E-state index contributed by atoms with van der Waals surface area (Å²) in [4.78, 5) is 54.2. The molecule has 1 fully saturated rings. The molecule has 0 aromatic carbocycles. The van der Waals surface area contributed by atoms with Crippen LogP contribution in [0.3, 0.4) is 0 Å². The molecule has 0 spiro atoms. The number of carbonyl (C=O) groups is 4. The van der Waals surface area contributed by atoms with Crippen LogP contribution in [0.25, 0.3) is 0 Å². The van der Waals surface area contributed by atoms with Crippen molar-refractivity contribution in [2.75, 3.05) is 5.75 Å². The van der Waals surface area contributed by atoms with E-state index in [-0.39, 0.29) is 90.0 Å². The van der Waals surface area contributed by atoms with E-state index in [2.05, 4.69) is 10.3 Å². The van der Waals surface area contributed by atoms with Crippen LogP contribution in [-0.2, 0) is 32.0 Å². The van der Waals surface area contributed by atoms with Crippen LogP contribution in [-0.4, -0.2) is 50.8 Å². The number of thiazole rings is 1. The van der Waals surface area contributed by atoms with E-state index in [0.717, 1.165) is 21.5 Å². The molecule has 2 aliphatic heterocycles. The number of β-lactam (4-membered cyclic amide) rings is 1. The van der Waals surface area contributed by atoms with Crippen molar-refractivity contribution in [3.05, 3.63) is 44.1 Å². The number of thioether (sulfide) groups is 2. The van der Waals surface area contributed by atoms with Crippen LogP contribution in [0.4, 0.5) is 0 Å². The molecule has 1 saturated heterocycles. The van der Waals surface area contributed by atoms with Gasteiger partial charge in [0.1, 0.15) is 11.4 Å². The van der Waals surface area contributed by atoms with E-state index >= 15 is 0 Å². The molecule has 1 N–H and O–H groups in total. The Balaban J connectivity index is 0.00000204. The van der Waals surface area contributed by atoms with Crippen molar-refractivity contribution in [3.63, 3.8) is 0 Å². The standard InChI is InChI=1S/C19H17N3O6S4.2Na/c23-12(6-10-2-1-5-29-10)21-14-16(26)22-15(18(27)28)11(8-30-17(14)22)32-19-20-9(7-31-19)3-4-13(24)25;;/h1-2,5,7,14,17H,3-4,6,8H2,(H,21,23)(H,24,25)(H,27,28);;/q;2*+1/p-2/t14-,17+;;/m1../s1. The fourth-order valence-corrected chi connectivity index (χ4v) is 7.45. The van der Waals surface area contributed by atoms with Gasteiger partial charge in [0.15, 0.2) is 4.34 Å². The zero-order chi connectivity index (χ0) is 22.8. The maximum atomic E-state index is 12.7. The zero-order valence-electron chi connectivity index (χ0n) is 18.3. The first kappa shape index (κ1) is 29.9. The minimum Gasteiger partial charge on any atom is -0.550 e. The van der Waals surface area contributed by atoms with Crippen LogP contribution in [0, 0.1) is 0 Å². The van der Waals surface area contributed by atoms with Crippen LogP contribution in [0.2, 0.25) is 0 Å². The molecule has 2 amide bonds. The third-order valence-electron chi connectivity index (χ3n) is 4.68.